The number of rotatable bonds is 7. The van der Waals surface area contributed by atoms with Gasteiger partial charge in [0.15, 0.2) is 6.61 Å². The normalized spacial score (nSPS) is 12.9. The molecule has 0 radical (unpaired) electrons. The molecule has 1 aromatic heterocycles. The van der Waals surface area contributed by atoms with Gasteiger partial charge in [0.05, 0.1) is 10.5 Å². The van der Waals surface area contributed by atoms with Gasteiger partial charge >= 0.3 is 5.97 Å². The molecule has 0 spiro atoms. The van der Waals surface area contributed by atoms with E-state index in [9.17, 15) is 19.7 Å². The Morgan fingerprint density at radius 3 is 2.67 bits per heavy atom. The largest absolute Gasteiger partial charge is 0.452 e. The Morgan fingerprint density at radius 1 is 1.30 bits per heavy atom. The van der Waals surface area contributed by atoms with Gasteiger partial charge in [-0.1, -0.05) is 0 Å². The summed E-state index contributed by atoms with van der Waals surface area (Å²) in [6.07, 6.45) is 3.63. The van der Waals surface area contributed by atoms with Gasteiger partial charge in [-0.15, -0.1) is 0 Å². The Kier molecular flexibility index (Phi) is 5.30. The number of nitro groups is 1. The number of hydrogen-bond donors (Lipinski definition) is 2. The van der Waals surface area contributed by atoms with Crippen molar-refractivity contribution in [3.05, 3.63) is 57.8 Å². The van der Waals surface area contributed by atoms with Crippen LogP contribution in [0.2, 0.25) is 0 Å². The van der Waals surface area contributed by atoms with Crippen LogP contribution < -0.4 is 10.6 Å². The molecule has 1 aliphatic carbocycles. The second-order valence-electron chi connectivity index (χ2n) is 6.23. The number of carbonyl (C=O) groups excluding carboxylic acids is 2. The number of esters is 1. The molecule has 2 aromatic rings. The predicted octanol–water partition coefficient (Wildman–Crippen LogP) is 2.67. The molecule has 1 heterocycles. The summed E-state index contributed by atoms with van der Waals surface area (Å²) in [7, 11) is 0. The van der Waals surface area contributed by atoms with Gasteiger partial charge in [-0.2, -0.15) is 0 Å². The molecule has 27 heavy (non-hydrogen) atoms. The summed E-state index contributed by atoms with van der Waals surface area (Å²) >= 11 is 0. The van der Waals surface area contributed by atoms with E-state index in [-0.39, 0.29) is 11.3 Å². The molecule has 1 amide bonds. The van der Waals surface area contributed by atoms with Gasteiger partial charge in [-0.3, -0.25) is 14.9 Å². The van der Waals surface area contributed by atoms with E-state index in [4.69, 9.17) is 4.74 Å². The fourth-order valence-electron chi connectivity index (χ4n) is 2.34. The molecule has 0 aliphatic heterocycles. The van der Waals surface area contributed by atoms with Crippen LogP contribution in [-0.4, -0.2) is 34.4 Å². The van der Waals surface area contributed by atoms with Crippen molar-refractivity contribution in [2.75, 3.05) is 17.2 Å². The second kappa shape index (κ2) is 7.81. The van der Waals surface area contributed by atoms with Crippen molar-refractivity contribution in [2.24, 2.45) is 0 Å². The summed E-state index contributed by atoms with van der Waals surface area (Å²) in [6, 6.07) is 7.81. The van der Waals surface area contributed by atoms with Crippen molar-refractivity contribution in [1.82, 2.24) is 4.98 Å². The molecular weight excluding hydrogens is 352 g/mol. The van der Waals surface area contributed by atoms with Gasteiger partial charge in [0.2, 0.25) is 0 Å². The molecule has 1 aromatic carbocycles. The first kappa shape index (κ1) is 18.3. The lowest BCUT2D eigenvalue weighted by Crippen LogP contribution is -2.21. The van der Waals surface area contributed by atoms with Crippen molar-refractivity contribution in [1.29, 1.82) is 0 Å². The molecule has 1 aliphatic rings. The molecule has 9 nitrogen and oxygen atoms in total. The lowest BCUT2D eigenvalue weighted by Gasteiger charge is -2.09. The molecule has 1 saturated carbocycles. The van der Waals surface area contributed by atoms with Crippen molar-refractivity contribution in [3.63, 3.8) is 0 Å². The summed E-state index contributed by atoms with van der Waals surface area (Å²) in [5.41, 5.74) is 1.13. The van der Waals surface area contributed by atoms with Crippen LogP contribution in [0.5, 0.6) is 0 Å². The summed E-state index contributed by atoms with van der Waals surface area (Å²) in [4.78, 5) is 38.3. The molecule has 0 unspecified atom stereocenters. The van der Waals surface area contributed by atoms with Crippen molar-refractivity contribution < 1.29 is 19.2 Å². The van der Waals surface area contributed by atoms with E-state index in [1.165, 1.54) is 24.4 Å². The molecule has 9 heteroatoms. The molecular formula is C18H18N4O5. The zero-order valence-electron chi connectivity index (χ0n) is 14.6. The first-order valence-electron chi connectivity index (χ1n) is 8.37. The van der Waals surface area contributed by atoms with Crippen LogP contribution in [0.15, 0.2) is 36.5 Å². The van der Waals surface area contributed by atoms with Crippen molar-refractivity contribution >= 4 is 29.1 Å². The number of aryl methyl sites for hydroxylation is 1. The molecule has 0 saturated heterocycles. The molecule has 1 fully saturated rings. The van der Waals surface area contributed by atoms with Gasteiger partial charge < -0.3 is 15.4 Å². The Labute approximate surface area is 154 Å². The van der Waals surface area contributed by atoms with Crippen LogP contribution in [0.4, 0.5) is 17.2 Å². The Bertz CT molecular complexity index is 878. The van der Waals surface area contributed by atoms with Gasteiger partial charge in [-0.05, 0) is 43.5 Å². The number of aromatic nitrogens is 1. The average molecular weight is 370 g/mol. The smallest absolute Gasteiger partial charge is 0.340 e. The highest BCUT2D eigenvalue weighted by Crippen LogP contribution is 2.23. The maximum Gasteiger partial charge on any atom is 0.340 e. The van der Waals surface area contributed by atoms with E-state index in [2.05, 4.69) is 15.6 Å². The lowest BCUT2D eigenvalue weighted by atomic mass is 10.2. The van der Waals surface area contributed by atoms with Crippen molar-refractivity contribution in [3.8, 4) is 0 Å². The third-order valence-electron chi connectivity index (χ3n) is 3.96. The van der Waals surface area contributed by atoms with E-state index >= 15 is 0 Å². The monoisotopic (exact) mass is 370 g/mol. The van der Waals surface area contributed by atoms with Crippen LogP contribution in [-0.2, 0) is 9.53 Å². The average Bonchev–Trinajstić information content (AvgIpc) is 3.46. The van der Waals surface area contributed by atoms with Gasteiger partial charge in [0, 0.05) is 30.1 Å². The fraction of sp³-hybridized carbons (Fsp3) is 0.278. The number of hydrogen-bond acceptors (Lipinski definition) is 7. The summed E-state index contributed by atoms with van der Waals surface area (Å²) < 4.78 is 4.98. The molecule has 3 rings (SSSR count). The summed E-state index contributed by atoms with van der Waals surface area (Å²) in [5, 5.41) is 16.5. The molecule has 0 bridgehead atoms. The standard InChI is InChI=1S/C18H18N4O5/c1-11-8-14(22(25)26)5-6-15(11)21-17(23)10-27-18(24)12-2-7-16(19-9-12)20-13-3-4-13/h2,5-9,13H,3-4,10H2,1H3,(H,19,20)(H,21,23). The number of carbonyl (C=O) groups is 2. The van der Waals surface area contributed by atoms with Crippen LogP contribution in [0.1, 0.15) is 28.8 Å². The van der Waals surface area contributed by atoms with Crippen LogP contribution in [0, 0.1) is 17.0 Å². The zero-order valence-corrected chi connectivity index (χ0v) is 14.6. The maximum absolute atomic E-state index is 12.0. The van der Waals surface area contributed by atoms with Gasteiger partial charge in [0.1, 0.15) is 5.82 Å². The van der Waals surface area contributed by atoms with Crippen LogP contribution >= 0.6 is 0 Å². The predicted molar refractivity (Wildman–Crippen MR) is 97.6 cm³/mol. The second-order valence-corrected chi connectivity index (χ2v) is 6.23. The summed E-state index contributed by atoms with van der Waals surface area (Å²) in [5.74, 6) is -0.503. The van der Waals surface area contributed by atoms with E-state index in [0.29, 0.717) is 23.1 Å². The number of nitro benzene ring substituents is 1. The third-order valence-corrected chi connectivity index (χ3v) is 3.96. The topological polar surface area (TPSA) is 123 Å². The van der Waals surface area contributed by atoms with Crippen molar-refractivity contribution in [2.45, 2.75) is 25.8 Å². The molecule has 0 atom stereocenters. The van der Waals surface area contributed by atoms with E-state index < -0.39 is 23.4 Å². The Morgan fingerprint density at radius 2 is 2.07 bits per heavy atom. The number of benzene rings is 1. The number of ether oxygens (including phenoxy) is 1. The number of nitrogens with one attached hydrogen (secondary N) is 2. The Hall–Kier alpha value is -3.49. The number of nitrogens with zero attached hydrogens (tertiary/aromatic N) is 2. The minimum atomic E-state index is -0.656. The minimum absolute atomic E-state index is 0.0657. The zero-order chi connectivity index (χ0) is 19.4. The third kappa shape index (κ3) is 5.00. The van der Waals surface area contributed by atoms with Gasteiger partial charge in [0.25, 0.3) is 11.6 Å². The highest BCUT2D eigenvalue weighted by Gasteiger charge is 2.21. The number of anilines is 2. The van der Waals surface area contributed by atoms with E-state index in [0.717, 1.165) is 12.8 Å². The number of non-ortho nitro benzene ring substituents is 1. The van der Waals surface area contributed by atoms with E-state index in [1.807, 2.05) is 0 Å². The number of amides is 1. The Balaban J connectivity index is 1.50. The first-order valence-corrected chi connectivity index (χ1v) is 8.37. The highest BCUT2D eigenvalue weighted by molar-refractivity contribution is 5.95. The van der Waals surface area contributed by atoms with Crippen LogP contribution in [0.3, 0.4) is 0 Å². The fourth-order valence-corrected chi connectivity index (χ4v) is 2.34. The maximum atomic E-state index is 12.0. The van der Waals surface area contributed by atoms with Gasteiger partial charge in [-0.25, -0.2) is 9.78 Å². The SMILES string of the molecule is Cc1cc([N+](=O)[O-])ccc1NC(=O)COC(=O)c1ccc(NC2CC2)nc1. The summed E-state index contributed by atoms with van der Waals surface area (Å²) in [6.45, 7) is 1.16. The number of pyridine rings is 1. The van der Waals surface area contributed by atoms with Crippen LogP contribution in [0.25, 0.3) is 0 Å². The minimum Gasteiger partial charge on any atom is -0.452 e. The first-order chi connectivity index (χ1) is 12.9. The quantitative estimate of drug-likeness (QED) is 0.436. The highest BCUT2D eigenvalue weighted by atomic mass is 16.6. The molecule has 2 N–H and O–H groups in total. The molecule has 140 valence electrons. The van der Waals surface area contributed by atoms with E-state index in [1.54, 1.807) is 19.1 Å². The lowest BCUT2D eigenvalue weighted by molar-refractivity contribution is -0.384.